The molecule has 0 aliphatic rings. The zero-order chi connectivity index (χ0) is 48.2. The topological polar surface area (TPSA) is 237 Å². The van der Waals surface area contributed by atoms with Crippen LogP contribution in [-0.2, 0) is 40.9 Å². The van der Waals surface area contributed by atoms with E-state index in [2.05, 4.69) is 30.6 Å². The standard InChI is InChI=1S/C26H26N4O7S.C22H20N4O4/c1-4-36-25(32)21-22(27-14-17-10-12-19(35-2)13-11-17)20-15-28-26(38(3,33)34)29-23(20)30(24(21)31)37-16-18-8-6-5-7-9-18;1-29-17-9-7-15(8-10-17)12-23-19-11-20(27)26(21-18(19)13-24-22(28)25-21)30-14-16-5-3-2-4-6-16/h5-13,15,27H,4,14,16H2,1-3H3;2-11,13,23H,12,14H2,1H3,(H,24,25,28). The molecule has 0 atom stereocenters. The van der Waals surface area contributed by atoms with Crippen molar-refractivity contribution in [2.24, 2.45) is 0 Å². The zero-order valence-corrected chi connectivity index (χ0v) is 38.1. The molecule has 0 unspecified atom stereocenters. The molecule has 19 nitrogen and oxygen atoms in total. The van der Waals surface area contributed by atoms with Crippen molar-refractivity contribution in [2.75, 3.05) is 37.7 Å². The number of sulfone groups is 1. The van der Waals surface area contributed by atoms with Crippen LogP contribution in [0.1, 0.15) is 39.5 Å². The predicted octanol–water partition coefficient (Wildman–Crippen LogP) is 4.96. The Morgan fingerprint density at radius 3 is 1.78 bits per heavy atom. The lowest BCUT2D eigenvalue weighted by Gasteiger charge is -2.18. The third-order valence-corrected chi connectivity index (χ3v) is 11.0. The number of H-pyrrole nitrogens is 1. The second kappa shape index (κ2) is 21.6. The fourth-order valence-corrected chi connectivity index (χ4v) is 7.19. The molecule has 8 aromatic rings. The Hall–Kier alpha value is -8.52. The van der Waals surface area contributed by atoms with Crippen molar-refractivity contribution < 1.29 is 37.1 Å². The number of rotatable bonds is 17. The maximum Gasteiger partial charge on any atom is 0.346 e. The van der Waals surface area contributed by atoms with Crippen molar-refractivity contribution in [3.8, 4) is 11.5 Å². The third kappa shape index (κ3) is 11.5. The van der Waals surface area contributed by atoms with Crippen molar-refractivity contribution in [2.45, 2.75) is 38.4 Å². The molecule has 68 heavy (non-hydrogen) atoms. The van der Waals surface area contributed by atoms with E-state index < -0.39 is 37.8 Å². The van der Waals surface area contributed by atoms with Crippen molar-refractivity contribution in [1.82, 2.24) is 29.4 Å². The van der Waals surface area contributed by atoms with Crippen molar-refractivity contribution in [1.29, 1.82) is 0 Å². The summed E-state index contributed by atoms with van der Waals surface area (Å²) in [6, 6.07) is 34.7. The highest BCUT2D eigenvalue weighted by Crippen LogP contribution is 2.27. The van der Waals surface area contributed by atoms with Crippen LogP contribution in [0.3, 0.4) is 0 Å². The van der Waals surface area contributed by atoms with E-state index in [0.29, 0.717) is 23.4 Å². The molecular weight excluding hydrogens is 897 g/mol. The van der Waals surface area contributed by atoms with E-state index in [1.165, 1.54) is 18.5 Å². The molecule has 3 N–H and O–H groups in total. The number of nitrogens with one attached hydrogen (secondary N) is 3. The van der Waals surface area contributed by atoms with Gasteiger partial charge in [0.15, 0.2) is 16.9 Å². The molecule has 0 bridgehead atoms. The molecule has 0 aliphatic carbocycles. The molecule has 8 rings (SSSR count). The number of hydrogen-bond donors (Lipinski definition) is 3. The van der Waals surface area contributed by atoms with E-state index in [4.69, 9.17) is 23.9 Å². The monoisotopic (exact) mass is 942 g/mol. The van der Waals surface area contributed by atoms with E-state index in [-0.39, 0.29) is 54.3 Å². The minimum atomic E-state index is -3.82. The van der Waals surface area contributed by atoms with Crippen LogP contribution in [0.25, 0.3) is 22.1 Å². The molecular formula is C48H46N8O11S. The molecule has 4 heterocycles. The van der Waals surface area contributed by atoms with Crippen molar-refractivity contribution >= 4 is 49.2 Å². The van der Waals surface area contributed by atoms with Crippen LogP contribution in [0.4, 0.5) is 11.4 Å². The van der Waals surface area contributed by atoms with Crippen molar-refractivity contribution in [3.63, 3.8) is 0 Å². The van der Waals surface area contributed by atoms with Crippen molar-refractivity contribution in [3.05, 3.63) is 187 Å². The van der Waals surface area contributed by atoms with Crippen LogP contribution in [0.5, 0.6) is 11.5 Å². The third-order valence-electron chi connectivity index (χ3n) is 10.1. The van der Waals surface area contributed by atoms with Gasteiger partial charge in [0, 0.05) is 37.8 Å². The molecule has 4 aromatic carbocycles. The first-order valence-electron chi connectivity index (χ1n) is 20.9. The Kier molecular flexibility index (Phi) is 15.1. The van der Waals surface area contributed by atoms with Gasteiger partial charge < -0.3 is 34.5 Å². The second-order valence-corrected chi connectivity index (χ2v) is 16.7. The molecule has 0 radical (unpaired) electrons. The number of methoxy groups -OCH3 is 2. The van der Waals surface area contributed by atoms with Crippen LogP contribution < -0.4 is 46.6 Å². The fraction of sp³-hybridized carbons (Fsp3) is 0.188. The van der Waals surface area contributed by atoms with Gasteiger partial charge >= 0.3 is 17.2 Å². The summed E-state index contributed by atoms with van der Waals surface area (Å²) in [6.07, 6.45) is 3.61. The number of pyridine rings is 2. The molecule has 0 saturated heterocycles. The first-order valence-corrected chi connectivity index (χ1v) is 22.8. The fourth-order valence-electron chi connectivity index (χ4n) is 6.69. The number of esters is 1. The Morgan fingerprint density at radius 1 is 0.691 bits per heavy atom. The first-order chi connectivity index (χ1) is 32.9. The van der Waals surface area contributed by atoms with E-state index in [1.807, 2.05) is 72.8 Å². The number of hydrogen-bond acceptors (Lipinski definition) is 16. The zero-order valence-electron chi connectivity index (χ0n) is 37.3. The molecule has 0 fully saturated rings. The summed E-state index contributed by atoms with van der Waals surface area (Å²) in [5, 5.41) is 6.61. The summed E-state index contributed by atoms with van der Waals surface area (Å²) < 4.78 is 41.8. The van der Waals surface area contributed by atoms with Gasteiger partial charge in [-0.1, -0.05) is 84.9 Å². The van der Waals surface area contributed by atoms with Crippen LogP contribution >= 0.6 is 0 Å². The van der Waals surface area contributed by atoms with E-state index in [9.17, 15) is 27.6 Å². The molecule has 350 valence electrons. The number of carbonyl (C=O) groups excluding carboxylic acids is 1. The van der Waals surface area contributed by atoms with Gasteiger partial charge in [0.2, 0.25) is 15.0 Å². The van der Waals surface area contributed by atoms with Gasteiger partial charge in [-0.25, -0.2) is 28.0 Å². The first kappa shape index (κ1) is 47.4. The Bertz CT molecular complexity index is 3330. The minimum absolute atomic E-state index is 0.0304. The molecule has 4 aromatic heterocycles. The molecule has 20 heteroatoms. The Morgan fingerprint density at radius 2 is 1.24 bits per heavy atom. The number of carbonyl (C=O) groups is 1. The average Bonchev–Trinajstić information content (AvgIpc) is 3.35. The summed E-state index contributed by atoms with van der Waals surface area (Å²) in [4.78, 5) is 77.2. The second-order valence-electron chi connectivity index (χ2n) is 14.8. The van der Waals surface area contributed by atoms with E-state index in [1.54, 1.807) is 57.5 Å². The number of benzene rings is 4. The van der Waals surface area contributed by atoms with Gasteiger partial charge in [-0.15, -0.1) is 9.46 Å². The van der Waals surface area contributed by atoms with E-state index in [0.717, 1.165) is 43.7 Å². The minimum Gasteiger partial charge on any atom is -0.497 e. The number of aromatic amines is 1. The van der Waals surface area contributed by atoms with Gasteiger partial charge in [0.1, 0.15) is 24.7 Å². The number of nitrogens with zero attached hydrogens (tertiary/aromatic N) is 5. The normalized spacial score (nSPS) is 11.0. The predicted molar refractivity (Wildman–Crippen MR) is 254 cm³/mol. The molecule has 0 amide bonds. The SMILES string of the molecule is CCOC(=O)c1c(NCc2ccc(OC)cc2)c2cnc(S(C)(=O)=O)nc2n(OCc2ccccc2)c1=O.COc1ccc(CNc2cc(=O)n(OCc3ccccc3)c3[nH]c(=O)ncc23)cc1. The van der Waals surface area contributed by atoms with Crippen LogP contribution in [-0.4, -0.2) is 70.9 Å². The summed E-state index contributed by atoms with van der Waals surface area (Å²) in [5.41, 5.74) is 2.09. The van der Waals surface area contributed by atoms with Gasteiger partial charge in [-0.2, -0.15) is 4.98 Å². The highest BCUT2D eigenvalue weighted by atomic mass is 32.2. The number of fused-ring (bicyclic) bond motifs is 2. The number of aromatic nitrogens is 6. The Balaban J connectivity index is 0.000000207. The van der Waals surface area contributed by atoms with Gasteiger partial charge in [-0.05, 0) is 53.4 Å². The lowest BCUT2D eigenvalue weighted by atomic mass is 10.1. The number of anilines is 2. The molecule has 0 saturated carbocycles. The van der Waals surface area contributed by atoms with Crippen LogP contribution in [0.15, 0.2) is 147 Å². The van der Waals surface area contributed by atoms with Crippen LogP contribution in [0, 0.1) is 0 Å². The summed E-state index contributed by atoms with van der Waals surface area (Å²) in [7, 11) is -0.645. The quantitative estimate of drug-likeness (QED) is 0.0808. The Labute approximate surface area is 388 Å². The van der Waals surface area contributed by atoms with Crippen LogP contribution in [0.2, 0.25) is 0 Å². The largest absolute Gasteiger partial charge is 0.497 e. The lowest BCUT2D eigenvalue weighted by Crippen LogP contribution is -2.34. The molecule has 0 aliphatic heterocycles. The summed E-state index contributed by atoms with van der Waals surface area (Å²) in [6.45, 7) is 2.48. The van der Waals surface area contributed by atoms with E-state index >= 15 is 0 Å². The summed E-state index contributed by atoms with van der Waals surface area (Å²) in [5.74, 6) is 0.566. The highest BCUT2D eigenvalue weighted by Gasteiger charge is 2.27. The number of ether oxygens (including phenoxy) is 3. The van der Waals surface area contributed by atoms with Gasteiger partial charge in [0.25, 0.3) is 5.56 Å². The highest BCUT2D eigenvalue weighted by molar-refractivity contribution is 7.90. The maximum absolute atomic E-state index is 13.7. The lowest BCUT2D eigenvalue weighted by molar-refractivity contribution is 0.0513. The molecule has 0 spiro atoms. The summed E-state index contributed by atoms with van der Waals surface area (Å²) >= 11 is 0. The average molecular weight is 943 g/mol. The maximum atomic E-state index is 13.7. The van der Waals surface area contributed by atoms with Gasteiger partial charge in [0.05, 0.1) is 43.0 Å². The van der Waals surface area contributed by atoms with Gasteiger partial charge in [-0.3, -0.25) is 14.6 Å². The smallest absolute Gasteiger partial charge is 0.346 e.